The molecule has 2 unspecified atom stereocenters. The first-order valence-corrected chi connectivity index (χ1v) is 12.9. The van der Waals surface area contributed by atoms with Gasteiger partial charge in [0.1, 0.15) is 6.54 Å². The molecule has 1 saturated heterocycles. The van der Waals surface area contributed by atoms with Crippen LogP contribution in [-0.4, -0.2) is 47.7 Å². The van der Waals surface area contributed by atoms with Crippen LogP contribution in [0.2, 0.25) is 10.0 Å². The van der Waals surface area contributed by atoms with E-state index in [4.69, 9.17) is 23.2 Å². The molecule has 204 valence electrons. The minimum absolute atomic E-state index is 0.0613. The summed E-state index contributed by atoms with van der Waals surface area (Å²) in [6.07, 6.45) is -9.81. The molecular weight excluding hydrogens is 577 g/mol. The van der Waals surface area contributed by atoms with E-state index in [9.17, 15) is 35.9 Å². The van der Waals surface area contributed by atoms with Crippen molar-refractivity contribution in [3.8, 4) is 0 Å². The van der Waals surface area contributed by atoms with Crippen LogP contribution in [0.15, 0.2) is 40.8 Å². The van der Waals surface area contributed by atoms with Crippen LogP contribution in [0.3, 0.4) is 0 Å². The Kier molecular flexibility index (Phi) is 7.86. The molecule has 2 aliphatic heterocycles. The van der Waals surface area contributed by atoms with Crippen molar-refractivity contribution in [2.75, 3.05) is 13.1 Å². The molecule has 1 fully saturated rings. The zero-order valence-electron chi connectivity index (χ0n) is 19.7. The van der Waals surface area contributed by atoms with E-state index in [1.807, 2.05) is 0 Å². The summed E-state index contributed by atoms with van der Waals surface area (Å²) < 4.78 is 82.7. The van der Waals surface area contributed by atoms with Gasteiger partial charge in [-0.2, -0.15) is 26.3 Å². The van der Waals surface area contributed by atoms with Gasteiger partial charge >= 0.3 is 12.4 Å². The number of carbonyl (C=O) groups is 2. The summed E-state index contributed by atoms with van der Waals surface area (Å²) >= 11 is 12.3. The molecule has 1 amide bonds. The molecule has 2 aromatic rings. The molecule has 0 spiro atoms. The zero-order chi connectivity index (χ0) is 28.0. The molecule has 0 saturated carbocycles. The van der Waals surface area contributed by atoms with Gasteiger partial charge in [0.05, 0.1) is 5.71 Å². The fraction of sp³-hybridized carbons (Fsp3) is 0.400. The molecule has 0 N–H and O–H groups in total. The number of alkyl halides is 6. The lowest BCUT2D eigenvalue weighted by molar-refractivity contribution is -0.159. The van der Waals surface area contributed by atoms with E-state index >= 15 is 0 Å². The summed E-state index contributed by atoms with van der Waals surface area (Å²) in [6, 6.07) is 8.21. The SMILES string of the molecule is Cc1cc(C2=NSC(c3cc(Cl)cc(Cl)c3)(C(F)(F)F)C2)ccc1C(=O)CC1CCN(CC(F)(F)F)C1=O. The first kappa shape index (κ1) is 28.8. The van der Waals surface area contributed by atoms with Gasteiger partial charge in [0.25, 0.3) is 0 Å². The van der Waals surface area contributed by atoms with Gasteiger partial charge in [0.2, 0.25) is 5.91 Å². The predicted octanol–water partition coefficient (Wildman–Crippen LogP) is 7.58. The van der Waals surface area contributed by atoms with Crippen LogP contribution < -0.4 is 0 Å². The first-order chi connectivity index (χ1) is 17.6. The van der Waals surface area contributed by atoms with Crippen LogP contribution in [0.1, 0.15) is 46.3 Å². The summed E-state index contributed by atoms with van der Waals surface area (Å²) in [5, 5.41) is 0.123. The van der Waals surface area contributed by atoms with E-state index in [1.54, 1.807) is 6.92 Å². The van der Waals surface area contributed by atoms with Gasteiger partial charge in [0.15, 0.2) is 10.5 Å². The van der Waals surface area contributed by atoms with Gasteiger partial charge in [-0.25, -0.2) is 4.40 Å². The number of nitrogens with zero attached hydrogens (tertiary/aromatic N) is 2. The summed E-state index contributed by atoms with van der Waals surface area (Å²) in [5.74, 6) is -1.99. The summed E-state index contributed by atoms with van der Waals surface area (Å²) in [5.41, 5.74) is 1.12. The van der Waals surface area contributed by atoms with Crippen molar-refractivity contribution in [1.29, 1.82) is 0 Å². The number of hydrogen-bond acceptors (Lipinski definition) is 4. The molecule has 38 heavy (non-hydrogen) atoms. The average Bonchev–Trinajstić information content (AvgIpc) is 3.38. The number of ketones is 1. The van der Waals surface area contributed by atoms with Crippen LogP contribution in [0, 0.1) is 12.8 Å². The molecule has 13 heteroatoms. The van der Waals surface area contributed by atoms with Crippen LogP contribution in [0.25, 0.3) is 0 Å². The molecule has 0 aromatic heterocycles. The summed E-state index contributed by atoms with van der Waals surface area (Å²) in [4.78, 5) is 25.9. The minimum atomic E-state index is -4.68. The molecule has 2 aliphatic rings. The Morgan fingerprint density at radius 2 is 1.76 bits per heavy atom. The molecule has 2 atom stereocenters. The Hall–Kier alpha value is -2.24. The van der Waals surface area contributed by atoms with Crippen LogP contribution in [0.5, 0.6) is 0 Å². The van der Waals surface area contributed by atoms with Gasteiger partial charge in [-0.05, 0) is 66.2 Å². The molecule has 2 aromatic carbocycles. The summed E-state index contributed by atoms with van der Waals surface area (Å²) in [7, 11) is 0. The van der Waals surface area contributed by atoms with Gasteiger partial charge in [0, 0.05) is 40.9 Å². The number of amides is 1. The molecule has 4 nitrogen and oxygen atoms in total. The number of carbonyl (C=O) groups excluding carboxylic acids is 2. The number of aryl methyl sites for hydroxylation is 1. The van der Waals surface area contributed by atoms with Gasteiger partial charge in [-0.3, -0.25) is 9.59 Å². The number of halogens is 8. The molecular formula is C25H20Cl2F6N2O2S. The molecule has 0 radical (unpaired) electrons. The second-order valence-corrected chi connectivity index (χ2v) is 11.2. The fourth-order valence-corrected chi connectivity index (χ4v) is 6.19. The highest BCUT2D eigenvalue weighted by Gasteiger charge is 2.60. The molecule has 0 aliphatic carbocycles. The van der Waals surface area contributed by atoms with E-state index in [2.05, 4.69) is 4.40 Å². The first-order valence-electron chi connectivity index (χ1n) is 11.4. The normalized spacial score (nSPS) is 22.2. The lowest BCUT2D eigenvalue weighted by Crippen LogP contribution is -2.38. The van der Waals surface area contributed by atoms with E-state index < -0.39 is 47.7 Å². The Balaban J connectivity index is 1.51. The highest BCUT2D eigenvalue weighted by atomic mass is 35.5. The monoisotopic (exact) mass is 596 g/mol. The van der Waals surface area contributed by atoms with Crippen LogP contribution in [0.4, 0.5) is 26.3 Å². The number of benzene rings is 2. The zero-order valence-corrected chi connectivity index (χ0v) is 22.0. The Labute approximate surface area is 228 Å². The minimum Gasteiger partial charge on any atom is -0.333 e. The quantitative estimate of drug-likeness (QED) is 0.196. The van der Waals surface area contributed by atoms with Gasteiger partial charge in [-0.15, -0.1) is 0 Å². The summed E-state index contributed by atoms with van der Waals surface area (Å²) in [6.45, 7) is 0.162. The van der Waals surface area contributed by atoms with Crippen molar-refractivity contribution >= 4 is 52.6 Å². The third-order valence-electron chi connectivity index (χ3n) is 6.59. The topological polar surface area (TPSA) is 49.7 Å². The van der Waals surface area contributed by atoms with Crippen molar-refractivity contribution in [1.82, 2.24) is 4.90 Å². The van der Waals surface area contributed by atoms with Crippen molar-refractivity contribution in [3.05, 3.63) is 68.7 Å². The maximum atomic E-state index is 14.3. The molecule has 2 heterocycles. The van der Waals surface area contributed by atoms with Gasteiger partial charge < -0.3 is 4.90 Å². The smallest absolute Gasteiger partial charge is 0.333 e. The van der Waals surface area contributed by atoms with Crippen LogP contribution in [-0.2, 0) is 9.54 Å². The molecule has 4 rings (SSSR count). The lowest BCUT2D eigenvalue weighted by atomic mass is 9.88. The Morgan fingerprint density at radius 3 is 2.34 bits per heavy atom. The number of hydrogen-bond donors (Lipinski definition) is 0. The lowest BCUT2D eigenvalue weighted by Gasteiger charge is -2.30. The van der Waals surface area contributed by atoms with Crippen LogP contribution >= 0.6 is 35.1 Å². The van der Waals surface area contributed by atoms with Crippen molar-refractivity contribution < 1.29 is 35.9 Å². The second-order valence-electron chi connectivity index (χ2n) is 9.31. The maximum Gasteiger partial charge on any atom is 0.409 e. The number of rotatable bonds is 6. The van der Waals surface area contributed by atoms with E-state index in [1.165, 1.54) is 36.4 Å². The van der Waals surface area contributed by atoms with Crippen molar-refractivity contribution in [2.24, 2.45) is 10.3 Å². The maximum absolute atomic E-state index is 14.3. The highest BCUT2D eigenvalue weighted by molar-refractivity contribution is 7.99. The largest absolute Gasteiger partial charge is 0.409 e. The van der Waals surface area contributed by atoms with E-state index in [0.717, 1.165) is 0 Å². The van der Waals surface area contributed by atoms with E-state index in [0.29, 0.717) is 28.0 Å². The van der Waals surface area contributed by atoms with Crippen molar-refractivity contribution in [2.45, 2.75) is 43.3 Å². The Morgan fingerprint density at radius 1 is 1.11 bits per heavy atom. The second kappa shape index (κ2) is 10.4. The number of Topliss-reactive ketones (excluding diaryl/α,β-unsaturated/α-hetero) is 1. The standard InChI is InChI=1S/C25H20Cl2F6N2O2S/c1-13-6-14(2-3-19(13)21(36)7-15-4-5-35(22(15)37)12-24(28,29)30)20-11-23(38-34-20,25(31,32)33)16-8-17(26)10-18(27)9-16/h2-3,6,8-10,15H,4-5,7,11-12H2,1H3. The van der Waals surface area contributed by atoms with E-state index in [-0.39, 0.29) is 46.3 Å². The van der Waals surface area contributed by atoms with Crippen molar-refractivity contribution in [3.63, 3.8) is 0 Å². The molecule has 0 bridgehead atoms. The average molecular weight is 597 g/mol. The highest BCUT2D eigenvalue weighted by Crippen LogP contribution is 2.57. The third-order valence-corrected chi connectivity index (χ3v) is 8.26. The Bertz CT molecular complexity index is 1290. The fourth-order valence-electron chi connectivity index (χ4n) is 4.70. The van der Waals surface area contributed by atoms with Gasteiger partial charge in [-0.1, -0.05) is 35.3 Å². The predicted molar refractivity (Wildman–Crippen MR) is 134 cm³/mol. The third kappa shape index (κ3) is 5.84. The number of likely N-dealkylation sites (tertiary alicyclic amines) is 1.